The molecule has 1 unspecified atom stereocenters. The van der Waals surface area contributed by atoms with Crippen molar-refractivity contribution in [2.24, 2.45) is 0 Å². The van der Waals surface area contributed by atoms with Crippen molar-refractivity contribution >= 4 is 40.0 Å². The number of anilines is 1. The molecule has 0 bridgehead atoms. The molecule has 1 atom stereocenters. The van der Waals surface area contributed by atoms with E-state index in [-0.39, 0.29) is 23.7 Å². The Hall–Kier alpha value is -3.07. The highest BCUT2D eigenvalue weighted by molar-refractivity contribution is 7.12. The van der Waals surface area contributed by atoms with Crippen LogP contribution in [-0.4, -0.2) is 70.3 Å². The largest absolute Gasteiger partial charge is 0.337 e. The summed E-state index contributed by atoms with van der Waals surface area (Å²) in [6, 6.07) is 7.88. The molecule has 5 rings (SSSR count). The number of fused-ring (bicyclic) bond motifs is 1. The van der Waals surface area contributed by atoms with E-state index >= 15 is 0 Å². The zero-order valence-electron chi connectivity index (χ0n) is 17.8. The van der Waals surface area contributed by atoms with Crippen LogP contribution in [-0.2, 0) is 4.79 Å². The van der Waals surface area contributed by atoms with Gasteiger partial charge in [-0.15, -0.1) is 11.3 Å². The lowest BCUT2D eigenvalue weighted by Gasteiger charge is -2.37. The lowest BCUT2D eigenvalue weighted by molar-refractivity contribution is -0.133. The van der Waals surface area contributed by atoms with Crippen LogP contribution >= 0.6 is 11.3 Å². The van der Waals surface area contributed by atoms with E-state index in [1.807, 2.05) is 39.1 Å². The Bertz CT molecular complexity index is 1160. The number of aromatic nitrogens is 2. The minimum atomic E-state index is -0.317. The number of piperazine rings is 1. The van der Waals surface area contributed by atoms with Gasteiger partial charge in [-0.05, 0) is 49.4 Å². The van der Waals surface area contributed by atoms with Crippen LogP contribution in [0.4, 0.5) is 10.3 Å². The second-order valence-electron chi connectivity index (χ2n) is 8.22. The van der Waals surface area contributed by atoms with E-state index in [2.05, 4.69) is 9.97 Å². The summed E-state index contributed by atoms with van der Waals surface area (Å²) in [5.41, 5.74) is 1.37. The summed E-state index contributed by atoms with van der Waals surface area (Å²) >= 11 is 1.44. The predicted molar refractivity (Wildman–Crippen MR) is 121 cm³/mol. The molecule has 0 N–H and O–H groups in total. The van der Waals surface area contributed by atoms with Gasteiger partial charge < -0.3 is 14.7 Å². The number of nitrogens with zero attached hydrogens (tertiary/aromatic N) is 5. The summed E-state index contributed by atoms with van der Waals surface area (Å²) < 4.78 is 13.6. The maximum absolute atomic E-state index is 13.6. The fourth-order valence-corrected chi connectivity index (χ4v) is 5.22. The fraction of sp³-hybridized carbons (Fsp3) is 0.391. The number of halogens is 1. The number of rotatable bonds is 3. The maximum atomic E-state index is 13.6. The summed E-state index contributed by atoms with van der Waals surface area (Å²) in [7, 11) is 0. The quantitative estimate of drug-likeness (QED) is 0.610. The number of hydrogen-bond donors (Lipinski definition) is 0. The highest BCUT2D eigenvalue weighted by atomic mass is 32.1. The third-order valence-electron chi connectivity index (χ3n) is 6.24. The van der Waals surface area contributed by atoms with Gasteiger partial charge in [-0.25, -0.2) is 14.4 Å². The molecule has 2 aromatic heterocycles. The highest BCUT2D eigenvalue weighted by Gasteiger charge is 2.37. The van der Waals surface area contributed by atoms with Crippen LogP contribution in [0.15, 0.2) is 35.7 Å². The molecule has 2 aliphatic rings. The molecular formula is C23H24FN5O2S. The summed E-state index contributed by atoms with van der Waals surface area (Å²) in [6.07, 6.45) is 1.63. The standard InChI is InChI=1S/C23H24FN5O2S/c1-15-17-14-16(24)6-7-18(17)26-23(25-15)29-8-2-4-19(29)21(30)27-9-11-28(12-10-27)22(31)20-5-3-13-32-20/h3,5-7,13-14,19H,2,4,8-12H2,1H3. The van der Waals surface area contributed by atoms with E-state index in [9.17, 15) is 14.0 Å². The molecule has 0 aliphatic carbocycles. The minimum absolute atomic E-state index is 0.0334. The first-order valence-electron chi connectivity index (χ1n) is 10.8. The Kier molecular flexibility index (Phi) is 5.50. The van der Waals surface area contributed by atoms with Gasteiger partial charge >= 0.3 is 0 Å². The molecule has 2 fully saturated rings. The third-order valence-corrected chi connectivity index (χ3v) is 7.10. The van der Waals surface area contributed by atoms with Crippen molar-refractivity contribution < 1.29 is 14.0 Å². The van der Waals surface area contributed by atoms with Crippen molar-refractivity contribution in [2.75, 3.05) is 37.6 Å². The smallest absolute Gasteiger partial charge is 0.264 e. The monoisotopic (exact) mass is 453 g/mol. The Balaban J connectivity index is 1.30. The summed E-state index contributed by atoms with van der Waals surface area (Å²) in [5, 5.41) is 2.58. The maximum Gasteiger partial charge on any atom is 0.264 e. The SMILES string of the molecule is Cc1nc(N2CCCC2C(=O)N2CCN(C(=O)c3cccs3)CC2)nc2ccc(F)cc12. The number of carbonyl (C=O) groups excluding carboxylic acids is 2. The number of benzene rings is 1. The van der Waals surface area contributed by atoms with Crippen molar-refractivity contribution in [3.05, 3.63) is 52.1 Å². The second kappa shape index (κ2) is 8.46. The minimum Gasteiger partial charge on any atom is -0.337 e. The van der Waals surface area contributed by atoms with E-state index in [0.29, 0.717) is 55.3 Å². The summed E-state index contributed by atoms with van der Waals surface area (Å²) in [6.45, 7) is 4.66. The molecule has 166 valence electrons. The fourth-order valence-electron chi connectivity index (χ4n) is 4.53. The van der Waals surface area contributed by atoms with Crippen molar-refractivity contribution in [2.45, 2.75) is 25.8 Å². The Labute approximate surface area is 189 Å². The van der Waals surface area contributed by atoms with Gasteiger partial charge in [-0.2, -0.15) is 0 Å². The Morgan fingerprint density at radius 3 is 2.59 bits per heavy atom. The summed E-state index contributed by atoms with van der Waals surface area (Å²) in [5.74, 6) is 0.295. The summed E-state index contributed by atoms with van der Waals surface area (Å²) in [4.78, 5) is 41.5. The van der Waals surface area contributed by atoms with Gasteiger partial charge in [0.25, 0.3) is 5.91 Å². The molecule has 0 saturated carbocycles. The number of hydrogen-bond acceptors (Lipinski definition) is 6. The van der Waals surface area contributed by atoms with E-state index in [1.165, 1.54) is 23.5 Å². The zero-order chi connectivity index (χ0) is 22.2. The van der Waals surface area contributed by atoms with E-state index in [4.69, 9.17) is 0 Å². The van der Waals surface area contributed by atoms with Gasteiger partial charge in [-0.3, -0.25) is 9.59 Å². The Morgan fingerprint density at radius 1 is 1.06 bits per heavy atom. The molecule has 2 aliphatic heterocycles. The number of carbonyl (C=O) groups is 2. The second-order valence-corrected chi connectivity index (χ2v) is 9.16. The highest BCUT2D eigenvalue weighted by Crippen LogP contribution is 2.27. The average Bonchev–Trinajstić information content (AvgIpc) is 3.51. The molecule has 32 heavy (non-hydrogen) atoms. The van der Waals surface area contributed by atoms with Crippen LogP contribution < -0.4 is 4.90 Å². The number of amides is 2. The van der Waals surface area contributed by atoms with Crippen molar-refractivity contribution in [3.63, 3.8) is 0 Å². The van der Waals surface area contributed by atoms with Crippen molar-refractivity contribution in [1.29, 1.82) is 0 Å². The van der Waals surface area contributed by atoms with E-state index in [0.717, 1.165) is 17.7 Å². The molecule has 4 heterocycles. The lowest BCUT2D eigenvalue weighted by Crippen LogP contribution is -2.55. The van der Waals surface area contributed by atoms with Crippen molar-refractivity contribution in [3.8, 4) is 0 Å². The van der Waals surface area contributed by atoms with Gasteiger partial charge in [0, 0.05) is 38.1 Å². The van der Waals surface area contributed by atoms with Crippen molar-refractivity contribution in [1.82, 2.24) is 19.8 Å². The molecule has 0 spiro atoms. The molecule has 1 aromatic carbocycles. The van der Waals surface area contributed by atoms with E-state index < -0.39 is 0 Å². The molecule has 3 aromatic rings. The molecule has 9 heteroatoms. The lowest BCUT2D eigenvalue weighted by atomic mass is 10.1. The predicted octanol–water partition coefficient (Wildman–Crippen LogP) is 3.09. The normalized spacial score (nSPS) is 19.1. The first-order chi connectivity index (χ1) is 15.5. The van der Waals surface area contributed by atoms with Gasteiger partial charge in [0.05, 0.1) is 16.1 Å². The molecule has 2 amide bonds. The van der Waals surface area contributed by atoms with Crippen LogP contribution in [0.2, 0.25) is 0 Å². The van der Waals surface area contributed by atoms with Crippen LogP contribution in [0.1, 0.15) is 28.2 Å². The van der Waals surface area contributed by atoms with Gasteiger partial charge in [0.15, 0.2) is 0 Å². The third kappa shape index (κ3) is 3.81. The number of thiophene rings is 1. The first kappa shape index (κ1) is 20.8. The van der Waals surface area contributed by atoms with E-state index in [1.54, 1.807) is 6.07 Å². The molecule has 2 saturated heterocycles. The first-order valence-corrected chi connectivity index (χ1v) is 11.7. The molecule has 7 nitrogen and oxygen atoms in total. The molecule has 0 radical (unpaired) electrons. The van der Waals surface area contributed by atoms with Crippen LogP contribution in [0.3, 0.4) is 0 Å². The van der Waals surface area contributed by atoms with Crippen LogP contribution in [0.5, 0.6) is 0 Å². The average molecular weight is 454 g/mol. The Morgan fingerprint density at radius 2 is 1.84 bits per heavy atom. The van der Waals surface area contributed by atoms with Crippen LogP contribution in [0.25, 0.3) is 10.9 Å². The van der Waals surface area contributed by atoms with Crippen LogP contribution in [0, 0.1) is 12.7 Å². The van der Waals surface area contributed by atoms with Gasteiger partial charge in [0.2, 0.25) is 11.9 Å². The van der Waals surface area contributed by atoms with Gasteiger partial charge in [-0.1, -0.05) is 6.07 Å². The topological polar surface area (TPSA) is 69.6 Å². The van der Waals surface area contributed by atoms with Gasteiger partial charge in [0.1, 0.15) is 11.9 Å². The number of aryl methyl sites for hydroxylation is 1. The molecular weight excluding hydrogens is 429 g/mol. The zero-order valence-corrected chi connectivity index (χ0v) is 18.6.